The predicted octanol–water partition coefficient (Wildman–Crippen LogP) is 1.76. The van der Waals surface area contributed by atoms with Gasteiger partial charge in [0.25, 0.3) is 5.91 Å². The summed E-state index contributed by atoms with van der Waals surface area (Å²) in [7, 11) is 0. The number of rotatable bonds is 2. The summed E-state index contributed by atoms with van der Waals surface area (Å²) in [6.45, 7) is 0.528. The number of aryl methyl sites for hydroxylation is 2. The van der Waals surface area contributed by atoms with E-state index in [-0.39, 0.29) is 5.91 Å². The molecule has 1 saturated heterocycles. The van der Waals surface area contributed by atoms with E-state index in [1.165, 1.54) is 34.6 Å². The van der Waals surface area contributed by atoms with Gasteiger partial charge in [0.15, 0.2) is 0 Å². The fraction of sp³-hybridized carbons (Fsp3) is 0.625. The summed E-state index contributed by atoms with van der Waals surface area (Å²) in [4.78, 5) is 27.4. The Morgan fingerprint density at radius 2 is 1.95 bits per heavy atom. The smallest absolute Gasteiger partial charge is 0.264 e. The molecule has 0 aromatic carbocycles. The molecule has 4 nitrogen and oxygen atoms in total. The summed E-state index contributed by atoms with van der Waals surface area (Å²) in [6, 6.07) is 1.24. The molecular formula is C16H20NO3S-. The summed E-state index contributed by atoms with van der Waals surface area (Å²) < 4.78 is 0. The molecule has 0 unspecified atom stereocenters. The van der Waals surface area contributed by atoms with Crippen molar-refractivity contribution in [3.63, 3.8) is 0 Å². The molecule has 1 aromatic heterocycles. The molecular weight excluding hydrogens is 286 g/mol. The average Bonchev–Trinajstić information content (AvgIpc) is 2.77. The topological polar surface area (TPSA) is 60.4 Å². The van der Waals surface area contributed by atoms with Crippen LogP contribution in [0.1, 0.15) is 58.6 Å². The molecule has 3 rings (SSSR count). The number of carboxylic acid groups (broad SMARTS) is 1. The fourth-order valence-electron chi connectivity index (χ4n) is 3.33. The average molecular weight is 306 g/mol. The van der Waals surface area contributed by atoms with E-state index in [0.717, 1.165) is 25.7 Å². The van der Waals surface area contributed by atoms with Crippen molar-refractivity contribution < 1.29 is 14.7 Å². The van der Waals surface area contributed by atoms with Crippen molar-refractivity contribution in [3.8, 4) is 0 Å². The second kappa shape index (κ2) is 6.18. The van der Waals surface area contributed by atoms with Crippen LogP contribution >= 0.6 is 11.3 Å². The lowest BCUT2D eigenvalue weighted by atomic mass is 10.0. The monoisotopic (exact) mass is 306 g/mol. The Balaban J connectivity index is 1.82. The summed E-state index contributed by atoms with van der Waals surface area (Å²) in [6.07, 6.45) is 7.96. The zero-order chi connectivity index (χ0) is 14.8. The molecule has 2 heterocycles. The number of hydrogen-bond acceptors (Lipinski definition) is 4. The van der Waals surface area contributed by atoms with Gasteiger partial charge in [-0.1, -0.05) is 6.42 Å². The van der Waals surface area contributed by atoms with Gasteiger partial charge < -0.3 is 14.8 Å². The van der Waals surface area contributed by atoms with Crippen molar-refractivity contribution in [2.24, 2.45) is 0 Å². The van der Waals surface area contributed by atoms with Crippen LogP contribution in [0.15, 0.2) is 6.07 Å². The molecule has 1 aliphatic carbocycles. The number of likely N-dealkylation sites (tertiary alicyclic amines) is 1. The molecule has 1 aliphatic heterocycles. The highest BCUT2D eigenvalue weighted by molar-refractivity contribution is 7.14. The highest BCUT2D eigenvalue weighted by Gasteiger charge is 2.29. The van der Waals surface area contributed by atoms with Crippen LogP contribution in [0.3, 0.4) is 0 Å². The van der Waals surface area contributed by atoms with Gasteiger partial charge in [0.1, 0.15) is 0 Å². The van der Waals surface area contributed by atoms with Gasteiger partial charge in [0, 0.05) is 11.4 Å². The van der Waals surface area contributed by atoms with Gasteiger partial charge in [-0.3, -0.25) is 4.79 Å². The molecule has 0 bridgehead atoms. The van der Waals surface area contributed by atoms with Crippen LogP contribution in [0.25, 0.3) is 0 Å². The van der Waals surface area contributed by atoms with E-state index in [1.807, 2.05) is 6.07 Å². The van der Waals surface area contributed by atoms with Crippen molar-refractivity contribution in [1.82, 2.24) is 4.90 Å². The summed E-state index contributed by atoms with van der Waals surface area (Å²) in [5.41, 5.74) is 1.29. The quantitative estimate of drug-likeness (QED) is 0.782. The third-order valence-corrected chi connectivity index (χ3v) is 5.72. The van der Waals surface area contributed by atoms with E-state index < -0.39 is 12.0 Å². The molecule has 0 saturated carbocycles. The summed E-state index contributed by atoms with van der Waals surface area (Å²) in [5.74, 6) is -1.25. The molecule has 21 heavy (non-hydrogen) atoms. The van der Waals surface area contributed by atoms with Gasteiger partial charge in [0.2, 0.25) is 0 Å². The lowest BCUT2D eigenvalue weighted by Crippen LogP contribution is -2.52. The third-order valence-electron chi connectivity index (χ3n) is 4.49. The van der Waals surface area contributed by atoms with Crippen LogP contribution in [0.4, 0.5) is 0 Å². The highest BCUT2D eigenvalue weighted by atomic mass is 32.1. The van der Waals surface area contributed by atoms with Gasteiger partial charge in [-0.2, -0.15) is 0 Å². The van der Waals surface area contributed by atoms with Crippen LogP contribution in [0, 0.1) is 0 Å². The first kappa shape index (κ1) is 14.6. The largest absolute Gasteiger partial charge is 0.548 e. The van der Waals surface area contributed by atoms with Gasteiger partial charge in [-0.25, -0.2) is 0 Å². The predicted molar refractivity (Wildman–Crippen MR) is 79.3 cm³/mol. The van der Waals surface area contributed by atoms with E-state index >= 15 is 0 Å². The molecule has 1 amide bonds. The first-order valence-electron chi connectivity index (χ1n) is 7.80. The molecule has 0 spiro atoms. The number of hydrogen-bond donors (Lipinski definition) is 0. The van der Waals surface area contributed by atoms with Gasteiger partial charge in [-0.15, -0.1) is 11.3 Å². The van der Waals surface area contributed by atoms with Crippen LogP contribution in [-0.4, -0.2) is 29.4 Å². The van der Waals surface area contributed by atoms with Crippen molar-refractivity contribution in [3.05, 3.63) is 21.4 Å². The number of fused-ring (bicyclic) bond motifs is 1. The Labute approximate surface area is 128 Å². The van der Waals surface area contributed by atoms with Crippen LogP contribution in [0.2, 0.25) is 0 Å². The van der Waals surface area contributed by atoms with E-state index in [4.69, 9.17) is 0 Å². The lowest BCUT2D eigenvalue weighted by molar-refractivity contribution is -0.311. The number of carboxylic acids is 1. The Morgan fingerprint density at radius 1 is 1.14 bits per heavy atom. The molecule has 0 N–H and O–H groups in total. The van der Waals surface area contributed by atoms with Crippen molar-refractivity contribution >= 4 is 23.2 Å². The summed E-state index contributed by atoms with van der Waals surface area (Å²) in [5, 5.41) is 11.2. The van der Waals surface area contributed by atoms with Crippen LogP contribution < -0.4 is 5.11 Å². The van der Waals surface area contributed by atoms with Crippen LogP contribution in [-0.2, 0) is 17.6 Å². The standard InChI is InChI=1S/C16H21NO3S/c18-15(17-9-5-4-7-12(17)16(19)20)14-10-11-6-2-1-3-8-13(11)21-14/h10,12H,1-9H2,(H,19,20)/p-1/t12-/m0/s1. The first-order chi connectivity index (χ1) is 10.2. The molecule has 2 aliphatic rings. The maximum absolute atomic E-state index is 12.7. The van der Waals surface area contributed by atoms with E-state index in [2.05, 4.69) is 0 Å². The zero-order valence-electron chi connectivity index (χ0n) is 12.1. The van der Waals surface area contributed by atoms with E-state index in [9.17, 15) is 14.7 Å². The van der Waals surface area contributed by atoms with E-state index in [0.29, 0.717) is 17.8 Å². The minimum Gasteiger partial charge on any atom is -0.548 e. The minimum absolute atomic E-state index is 0.123. The van der Waals surface area contributed by atoms with Crippen LogP contribution in [0.5, 0.6) is 0 Å². The number of piperidine rings is 1. The van der Waals surface area contributed by atoms with Gasteiger partial charge >= 0.3 is 0 Å². The molecule has 5 heteroatoms. The number of thiophene rings is 1. The molecule has 1 fully saturated rings. The second-order valence-electron chi connectivity index (χ2n) is 5.95. The SMILES string of the molecule is O=C([O-])[C@@H]1CCCCN1C(=O)c1cc2c(s1)CCCCC2. The number of carbonyl (C=O) groups excluding carboxylic acids is 2. The Bertz CT molecular complexity index is 528. The number of nitrogens with zero attached hydrogens (tertiary/aromatic N) is 1. The van der Waals surface area contributed by atoms with Gasteiger partial charge in [-0.05, 0) is 56.6 Å². The van der Waals surface area contributed by atoms with Crippen molar-refractivity contribution in [2.45, 2.75) is 57.4 Å². The molecule has 1 aromatic rings. The van der Waals surface area contributed by atoms with Crippen molar-refractivity contribution in [2.75, 3.05) is 6.54 Å². The zero-order valence-corrected chi connectivity index (χ0v) is 12.9. The maximum atomic E-state index is 12.7. The molecule has 1 atom stereocenters. The molecule has 114 valence electrons. The highest BCUT2D eigenvalue weighted by Crippen LogP contribution is 2.31. The fourth-order valence-corrected chi connectivity index (χ4v) is 4.54. The minimum atomic E-state index is -1.12. The maximum Gasteiger partial charge on any atom is 0.264 e. The second-order valence-corrected chi connectivity index (χ2v) is 7.09. The summed E-state index contributed by atoms with van der Waals surface area (Å²) >= 11 is 1.56. The van der Waals surface area contributed by atoms with Crippen molar-refractivity contribution in [1.29, 1.82) is 0 Å². The third kappa shape index (κ3) is 2.98. The normalized spacial score (nSPS) is 22.5. The number of carbonyl (C=O) groups is 2. The molecule has 0 radical (unpaired) electrons. The lowest BCUT2D eigenvalue weighted by Gasteiger charge is -2.36. The Hall–Kier alpha value is -1.36. The van der Waals surface area contributed by atoms with Gasteiger partial charge in [0.05, 0.1) is 16.9 Å². The number of aliphatic carboxylic acids is 1. The van der Waals surface area contributed by atoms with E-state index in [1.54, 1.807) is 11.3 Å². The Kier molecular flexibility index (Phi) is 4.29. The number of amides is 1. The Morgan fingerprint density at radius 3 is 2.76 bits per heavy atom. The first-order valence-corrected chi connectivity index (χ1v) is 8.62.